The fraction of sp³-hybridized carbons (Fsp3) is 0.625. The van der Waals surface area contributed by atoms with Gasteiger partial charge in [0.1, 0.15) is 0 Å². The molecular formula is C16H25ClN2O2. The lowest BCUT2D eigenvalue weighted by Gasteiger charge is -2.19. The molecule has 0 bridgehead atoms. The molecule has 2 N–H and O–H groups in total. The summed E-state index contributed by atoms with van der Waals surface area (Å²) in [5.74, 6) is 3.11. The minimum Gasteiger partial charge on any atom is -0.493 e. The smallest absolute Gasteiger partial charge is 0.161 e. The van der Waals surface area contributed by atoms with Crippen LogP contribution in [0.15, 0.2) is 18.2 Å². The maximum absolute atomic E-state index is 6.20. The second kappa shape index (κ2) is 6.86. The molecule has 1 aromatic carbocycles. The van der Waals surface area contributed by atoms with Crippen LogP contribution in [0.4, 0.5) is 0 Å². The molecule has 0 spiro atoms. The molecule has 1 aliphatic carbocycles. The second-order valence-corrected chi connectivity index (χ2v) is 6.05. The summed E-state index contributed by atoms with van der Waals surface area (Å²) in [6.45, 7) is 3.30. The van der Waals surface area contributed by atoms with E-state index in [1.165, 1.54) is 24.9 Å². The topological polar surface area (TPSA) is 47.7 Å². The molecule has 1 heterocycles. The van der Waals surface area contributed by atoms with Crippen molar-refractivity contribution in [2.45, 2.75) is 25.4 Å². The van der Waals surface area contributed by atoms with Crippen molar-refractivity contribution in [3.05, 3.63) is 23.8 Å². The van der Waals surface area contributed by atoms with Crippen molar-refractivity contribution in [3.8, 4) is 11.5 Å². The predicted molar refractivity (Wildman–Crippen MR) is 86.3 cm³/mol. The Morgan fingerprint density at radius 1 is 1.14 bits per heavy atom. The van der Waals surface area contributed by atoms with Crippen molar-refractivity contribution >= 4 is 12.4 Å². The van der Waals surface area contributed by atoms with Crippen molar-refractivity contribution in [2.75, 3.05) is 27.3 Å². The molecule has 2 fully saturated rings. The van der Waals surface area contributed by atoms with E-state index in [2.05, 4.69) is 17.0 Å². The molecule has 0 aromatic heterocycles. The summed E-state index contributed by atoms with van der Waals surface area (Å²) in [6.07, 6.45) is 2.51. The minimum atomic E-state index is 0. The molecule has 21 heavy (non-hydrogen) atoms. The fourth-order valence-corrected chi connectivity index (χ4v) is 3.77. The van der Waals surface area contributed by atoms with Crippen molar-refractivity contribution in [3.63, 3.8) is 0 Å². The third kappa shape index (κ3) is 3.28. The first-order valence-corrected chi connectivity index (χ1v) is 7.40. The Morgan fingerprint density at radius 3 is 2.57 bits per heavy atom. The Kier molecular flexibility index (Phi) is 5.36. The number of ether oxygens (including phenoxy) is 2. The summed E-state index contributed by atoms with van der Waals surface area (Å²) in [5.41, 5.74) is 7.47. The number of hydrogen-bond acceptors (Lipinski definition) is 4. The highest BCUT2D eigenvalue weighted by atomic mass is 35.5. The summed E-state index contributed by atoms with van der Waals surface area (Å²) in [4.78, 5) is 2.52. The van der Waals surface area contributed by atoms with Gasteiger partial charge in [-0.05, 0) is 42.4 Å². The van der Waals surface area contributed by atoms with Crippen LogP contribution in [0.25, 0.3) is 0 Å². The second-order valence-electron chi connectivity index (χ2n) is 6.05. The molecule has 3 rings (SSSR count). The van der Waals surface area contributed by atoms with Gasteiger partial charge in [-0.1, -0.05) is 6.07 Å². The van der Waals surface area contributed by atoms with Crippen molar-refractivity contribution in [2.24, 2.45) is 17.6 Å². The van der Waals surface area contributed by atoms with Crippen molar-refractivity contribution in [1.82, 2.24) is 4.90 Å². The van der Waals surface area contributed by atoms with Gasteiger partial charge in [-0.15, -0.1) is 12.4 Å². The summed E-state index contributed by atoms with van der Waals surface area (Å²) >= 11 is 0. The lowest BCUT2D eigenvalue weighted by atomic mass is 9.98. The SMILES string of the molecule is COc1ccc(CN2CC3CCC(N)C3C2)cc1OC.Cl. The Morgan fingerprint density at radius 2 is 1.90 bits per heavy atom. The number of likely N-dealkylation sites (tertiary alicyclic amines) is 1. The van der Waals surface area contributed by atoms with E-state index in [1.54, 1.807) is 14.2 Å². The van der Waals surface area contributed by atoms with Crippen LogP contribution in [0.3, 0.4) is 0 Å². The highest BCUT2D eigenvalue weighted by Crippen LogP contribution is 2.38. The number of fused-ring (bicyclic) bond motifs is 1. The van der Waals surface area contributed by atoms with E-state index < -0.39 is 0 Å². The van der Waals surface area contributed by atoms with E-state index in [9.17, 15) is 0 Å². The Balaban J connectivity index is 0.00000161. The molecule has 2 aliphatic rings. The summed E-state index contributed by atoms with van der Waals surface area (Å²) in [6, 6.07) is 6.59. The van der Waals surface area contributed by atoms with Crippen LogP contribution < -0.4 is 15.2 Å². The number of nitrogens with zero attached hydrogens (tertiary/aromatic N) is 1. The van der Waals surface area contributed by atoms with Crippen LogP contribution in [-0.4, -0.2) is 38.3 Å². The van der Waals surface area contributed by atoms with E-state index >= 15 is 0 Å². The van der Waals surface area contributed by atoms with Gasteiger partial charge in [0.15, 0.2) is 11.5 Å². The molecular weight excluding hydrogens is 288 g/mol. The van der Waals surface area contributed by atoms with Crippen LogP contribution in [0.5, 0.6) is 11.5 Å². The third-order valence-electron chi connectivity index (χ3n) is 4.84. The number of methoxy groups -OCH3 is 2. The number of halogens is 1. The molecule has 1 saturated heterocycles. The molecule has 0 radical (unpaired) electrons. The summed E-state index contributed by atoms with van der Waals surface area (Å²) in [7, 11) is 3.35. The maximum Gasteiger partial charge on any atom is 0.161 e. The summed E-state index contributed by atoms with van der Waals surface area (Å²) in [5, 5.41) is 0. The molecule has 4 nitrogen and oxygen atoms in total. The van der Waals surface area contributed by atoms with Crippen LogP contribution in [-0.2, 0) is 6.54 Å². The van der Waals surface area contributed by atoms with E-state index in [0.717, 1.165) is 30.5 Å². The van der Waals surface area contributed by atoms with Gasteiger partial charge in [0, 0.05) is 25.7 Å². The van der Waals surface area contributed by atoms with Gasteiger partial charge in [-0.25, -0.2) is 0 Å². The highest BCUT2D eigenvalue weighted by Gasteiger charge is 2.40. The van der Waals surface area contributed by atoms with Crippen LogP contribution >= 0.6 is 12.4 Å². The number of hydrogen-bond donors (Lipinski definition) is 1. The zero-order valence-electron chi connectivity index (χ0n) is 12.7. The predicted octanol–water partition coefficient (Wildman–Crippen LogP) is 2.29. The Labute approximate surface area is 133 Å². The number of benzene rings is 1. The average molecular weight is 313 g/mol. The third-order valence-corrected chi connectivity index (χ3v) is 4.84. The monoisotopic (exact) mass is 312 g/mol. The molecule has 0 amide bonds. The first-order valence-electron chi connectivity index (χ1n) is 7.40. The van der Waals surface area contributed by atoms with Crippen LogP contribution in [0.2, 0.25) is 0 Å². The first-order chi connectivity index (χ1) is 9.71. The average Bonchev–Trinajstić information content (AvgIpc) is 3.01. The van der Waals surface area contributed by atoms with Gasteiger partial charge in [-0.3, -0.25) is 4.90 Å². The minimum absolute atomic E-state index is 0. The zero-order valence-corrected chi connectivity index (χ0v) is 13.6. The lowest BCUT2D eigenvalue weighted by Crippen LogP contribution is -2.30. The maximum atomic E-state index is 6.20. The van der Waals surface area contributed by atoms with Crippen molar-refractivity contribution < 1.29 is 9.47 Å². The van der Waals surface area contributed by atoms with Gasteiger partial charge >= 0.3 is 0 Å². The molecule has 1 saturated carbocycles. The zero-order chi connectivity index (χ0) is 14.1. The quantitative estimate of drug-likeness (QED) is 0.926. The summed E-state index contributed by atoms with van der Waals surface area (Å²) < 4.78 is 10.7. The van der Waals surface area contributed by atoms with Gasteiger partial charge in [0.2, 0.25) is 0 Å². The number of rotatable bonds is 4. The standard InChI is InChI=1S/C16H24N2O2.ClH/c1-19-15-6-3-11(7-16(15)20-2)8-18-9-12-4-5-14(17)13(12)10-18;/h3,6-7,12-14H,4-5,8-10,17H2,1-2H3;1H. The van der Waals surface area contributed by atoms with E-state index in [0.29, 0.717) is 12.0 Å². The van der Waals surface area contributed by atoms with Crippen molar-refractivity contribution in [1.29, 1.82) is 0 Å². The molecule has 3 atom stereocenters. The lowest BCUT2D eigenvalue weighted by molar-refractivity contribution is 0.297. The van der Waals surface area contributed by atoms with Gasteiger partial charge in [0.05, 0.1) is 14.2 Å². The van der Waals surface area contributed by atoms with E-state index in [4.69, 9.17) is 15.2 Å². The Hall–Kier alpha value is -0.970. The van der Waals surface area contributed by atoms with E-state index in [-0.39, 0.29) is 12.4 Å². The van der Waals surface area contributed by atoms with Gasteiger partial charge in [-0.2, -0.15) is 0 Å². The molecule has 1 aromatic rings. The molecule has 5 heteroatoms. The molecule has 1 aliphatic heterocycles. The number of nitrogens with two attached hydrogens (primary N) is 1. The largest absolute Gasteiger partial charge is 0.493 e. The van der Waals surface area contributed by atoms with Crippen LogP contribution in [0, 0.1) is 11.8 Å². The normalized spacial score (nSPS) is 28.0. The highest BCUT2D eigenvalue weighted by molar-refractivity contribution is 5.85. The van der Waals surface area contributed by atoms with Gasteiger partial charge in [0.25, 0.3) is 0 Å². The molecule has 3 unspecified atom stereocenters. The van der Waals surface area contributed by atoms with Gasteiger partial charge < -0.3 is 15.2 Å². The van der Waals surface area contributed by atoms with Crippen LogP contribution in [0.1, 0.15) is 18.4 Å². The molecule has 118 valence electrons. The first kappa shape index (κ1) is 16.4. The Bertz CT molecular complexity index is 483. The fourth-order valence-electron chi connectivity index (χ4n) is 3.77. The van der Waals surface area contributed by atoms with E-state index in [1.807, 2.05) is 6.07 Å².